The first kappa shape index (κ1) is 13.0. The molecule has 0 radical (unpaired) electrons. The molecule has 0 saturated carbocycles. The van der Waals surface area contributed by atoms with Crippen LogP contribution in [0.3, 0.4) is 0 Å². The molecule has 1 aliphatic heterocycles. The first-order chi connectivity index (χ1) is 7.61. The van der Waals surface area contributed by atoms with Crippen LogP contribution in [-0.2, 0) is 0 Å². The van der Waals surface area contributed by atoms with Gasteiger partial charge in [-0.1, -0.05) is 20.8 Å². The predicted molar refractivity (Wildman–Crippen MR) is 66.8 cm³/mol. The molecule has 0 aromatic carbocycles. The van der Waals surface area contributed by atoms with E-state index in [9.17, 15) is 0 Å². The average molecular weight is 225 g/mol. The molecule has 1 fully saturated rings. The zero-order valence-electron chi connectivity index (χ0n) is 10.8. The summed E-state index contributed by atoms with van der Waals surface area (Å²) in [5.41, 5.74) is 0. The fraction of sp³-hybridized carbons (Fsp3) is 0.750. The number of nitrogens with zero attached hydrogens (tertiary/aromatic N) is 2. The van der Waals surface area contributed by atoms with Gasteiger partial charge in [0, 0.05) is 26.2 Å². The summed E-state index contributed by atoms with van der Waals surface area (Å²) < 4.78 is 5.14. The second-order valence-corrected chi connectivity index (χ2v) is 4.70. The van der Waals surface area contributed by atoms with Crippen LogP contribution in [0, 0.1) is 12.8 Å². The van der Waals surface area contributed by atoms with Crippen molar-refractivity contribution in [1.29, 1.82) is 0 Å². The van der Waals surface area contributed by atoms with Gasteiger partial charge in [-0.3, -0.25) is 0 Å². The fourth-order valence-electron chi connectivity index (χ4n) is 1.48. The molecular weight excluding hydrogens is 202 g/mol. The number of aryl methyl sites for hydroxylation is 1. The molecule has 0 spiro atoms. The molecule has 0 bridgehead atoms. The molecule has 0 unspecified atom stereocenters. The monoisotopic (exact) mass is 225 g/mol. The predicted octanol–water partition coefficient (Wildman–Crippen LogP) is 2.05. The Bertz CT molecular complexity index is 287. The van der Waals surface area contributed by atoms with Gasteiger partial charge in [0.25, 0.3) is 0 Å². The standard InChI is InChI=1S/C8H13N3O.C4H10/c1-7-8(10-6-12-7)11-4-2-9-3-5-11;1-4(2)3/h6,9H,2-5H2,1H3;4H,1-3H3. The van der Waals surface area contributed by atoms with Crippen molar-refractivity contribution in [2.45, 2.75) is 27.7 Å². The Morgan fingerprint density at radius 3 is 2.31 bits per heavy atom. The molecule has 4 nitrogen and oxygen atoms in total. The molecule has 16 heavy (non-hydrogen) atoms. The van der Waals surface area contributed by atoms with Crippen molar-refractivity contribution >= 4 is 5.82 Å². The molecule has 92 valence electrons. The molecule has 1 aliphatic rings. The Morgan fingerprint density at radius 1 is 1.31 bits per heavy atom. The largest absolute Gasteiger partial charge is 0.446 e. The minimum atomic E-state index is 0.833. The van der Waals surface area contributed by atoms with Crippen molar-refractivity contribution in [3.63, 3.8) is 0 Å². The van der Waals surface area contributed by atoms with E-state index in [0.717, 1.165) is 43.7 Å². The third-order valence-electron chi connectivity index (χ3n) is 2.14. The average Bonchev–Trinajstić information content (AvgIpc) is 2.65. The smallest absolute Gasteiger partial charge is 0.183 e. The van der Waals surface area contributed by atoms with Gasteiger partial charge >= 0.3 is 0 Å². The van der Waals surface area contributed by atoms with Crippen molar-refractivity contribution in [3.8, 4) is 0 Å². The highest BCUT2D eigenvalue weighted by Crippen LogP contribution is 2.16. The Hall–Kier alpha value is -1.03. The third-order valence-corrected chi connectivity index (χ3v) is 2.14. The van der Waals surface area contributed by atoms with Crippen LogP contribution in [0.5, 0.6) is 0 Å². The van der Waals surface area contributed by atoms with Crippen molar-refractivity contribution in [2.75, 3.05) is 31.1 Å². The van der Waals surface area contributed by atoms with E-state index in [1.807, 2.05) is 6.92 Å². The minimum Gasteiger partial charge on any atom is -0.446 e. The number of oxazole rings is 1. The summed E-state index contributed by atoms with van der Waals surface area (Å²) in [5, 5.41) is 3.30. The highest BCUT2D eigenvalue weighted by Gasteiger charge is 2.14. The number of nitrogens with one attached hydrogen (secondary N) is 1. The molecule has 1 saturated heterocycles. The Balaban J connectivity index is 0.000000280. The van der Waals surface area contributed by atoms with Crippen LogP contribution in [0.15, 0.2) is 10.8 Å². The lowest BCUT2D eigenvalue weighted by molar-refractivity contribution is 0.523. The van der Waals surface area contributed by atoms with E-state index in [0.29, 0.717) is 0 Å². The van der Waals surface area contributed by atoms with Crippen molar-refractivity contribution < 1.29 is 4.42 Å². The van der Waals surface area contributed by atoms with Crippen LogP contribution >= 0.6 is 0 Å². The lowest BCUT2D eigenvalue weighted by Gasteiger charge is -2.27. The van der Waals surface area contributed by atoms with E-state index < -0.39 is 0 Å². The molecular formula is C12H23N3O. The van der Waals surface area contributed by atoms with E-state index in [4.69, 9.17) is 4.42 Å². The maximum absolute atomic E-state index is 5.14. The first-order valence-corrected chi connectivity index (χ1v) is 5.97. The number of piperazine rings is 1. The molecule has 0 amide bonds. The van der Waals surface area contributed by atoms with E-state index in [2.05, 4.69) is 36.0 Å². The summed E-state index contributed by atoms with van der Waals surface area (Å²) in [6.45, 7) is 12.6. The SMILES string of the molecule is CC(C)C.Cc1ocnc1N1CCNCC1. The van der Waals surface area contributed by atoms with Crippen molar-refractivity contribution in [1.82, 2.24) is 10.3 Å². The van der Waals surface area contributed by atoms with Gasteiger partial charge in [-0.2, -0.15) is 4.98 Å². The zero-order chi connectivity index (χ0) is 12.0. The fourth-order valence-corrected chi connectivity index (χ4v) is 1.48. The van der Waals surface area contributed by atoms with Crippen LogP contribution in [0.1, 0.15) is 26.5 Å². The third kappa shape index (κ3) is 4.23. The highest BCUT2D eigenvalue weighted by atomic mass is 16.3. The van der Waals surface area contributed by atoms with Gasteiger partial charge in [-0.05, 0) is 12.8 Å². The number of anilines is 1. The van der Waals surface area contributed by atoms with Gasteiger partial charge in [0.1, 0.15) is 5.76 Å². The van der Waals surface area contributed by atoms with E-state index in [1.54, 1.807) is 0 Å². The quantitative estimate of drug-likeness (QED) is 0.794. The van der Waals surface area contributed by atoms with Crippen LogP contribution in [0.4, 0.5) is 5.82 Å². The second-order valence-electron chi connectivity index (χ2n) is 4.70. The lowest BCUT2D eigenvalue weighted by Crippen LogP contribution is -2.43. The number of hydrogen-bond donors (Lipinski definition) is 1. The maximum Gasteiger partial charge on any atom is 0.183 e. The maximum atomic E-state index is 5.14. The van der Waals surface area contributed by atoms with Crippen LogP contribution in [0.25, 0.3) is 0 Å². The first-order valence-electron chi connectivity index (χ1n) is 5.97. The second kappa shape index (κ2) is 6.53. The van der Waals surface area contributed by atoms with Crippen LogP contribution in [-0.4, -0.2) is 31.2 Å². The van der Waals surface area contributed by atoms with Gasteiger partial charge in [-0.15, -0.1) is 0 Å². The van der Waals surface area contributed by atoms with Gasteiger partial charge in [0.15, 0.2) is 12.2 Å². The summed E-state index contributed by atoms with van der Waals surface area (Å²) in [6, 6.07) is 0. The normalized spacial score (nSPS) is 15.9. The highest BCUT2D eigenvalue weighted by molar-refractivity contribution is 5.41. The molecule has 4 heteroatoms. The topological polar surface area (TPSA) is 41.3 Å². The zero-order valence-corrected chi connectivity index (χ0v) is 10.8. The Labute approximate surface area is 98.0 Å². The Kier molecular flexibility index (Phi) is 5.32. The molecule has 1 N–H and O–H groups in total. The van der Waals surface area contributed by atoms with Gasteiger partial charge in [0.05, 0.1) is 0 Å². The van der Waals surface area contributed by atoms with Crippen LogP contribution < -0.4 is 10.2 Å². The lowest BCUT2D eigenvalue weighted by atomic mass is 10.3. The molecule has 1 aromatic heterocycles. The van der Waals surface area contributed by atoms with E-state index >= 15 is 0 Å². The summed E-state index contributed by atoms with van der Waals surface area (Å²) in [5.74, 6) is 2.74. The molecule has 0 atom stereocenters. The van der Waals surface area contributed by atoms with Crippen molar-refractivity contribution in [2.24, 2.45) is 5.92 Å². The Morgan fingerprint density at radius 2 is 1.88 bits per heavy atom. The summed E-state index contributed by atoms with van der Waals surface area (Å²) in [4.78, 5) is 6.42. The van der Waals surface area contributed by atoms with Gasteiger partial charge in [0.2, 0.25) is 0 Å². The molecule has 2 heterocycles. The molecule has 1 aromatic rings. The van der Waals surface area contributed by atoms with Crippen LogP contribution in [0.2, 0.25) is 0 Å². The van der Waals surface area contributed by atoms with Crippen molar-refractivity contribution in [3.05, 3.63) is 12.2 Å². The van der Waals surface area contributed by atoms with E-state index in [1.165, 1.54) is 6.39 Å². The molecule has 0 aliphatic carbocycles. The number of rotatable bonds is 1. The van der Waals surface area contributed by atoms with Gasteiger partial charge < -0.3 is 14.6 Å². The summed E-state index contributed by atoms with van der Waals surface area (Å²) >= 11 is 0. The number of aromatic nitrogens is 1. The summed E-state index contributed by atoms with van der Waals surface area (Å²) in [6.07, 6.45) is 1.51. The number of hydrogen-bond acceptors (Lipinski definition) is 4. The van der Waals surface area contributed by atoms with Gasteiger partial charge in [-0.25, -0.2) is 0 Å². The minimum absolute atomic E-state index is 0.833. The summed E-state index contributed by atoms with van der Waals surface area (Å²) in [7, 11) is 0. The molecule has 2 rings (SSSR count). The van der Waals surface area contributed by atoms with E-state index in [-0.39, 0.29) is 0 Å².